The third-order valence-electron chi connectivity index (χ3n) is 2.07. The summed E-state index contributed by atoms with van der Waals surface area (Å²) in [5.74, 6) is -0.964. The zero-order chi connectivity index (χ0) is 14.4. The van der Waals surface area contributed by atoms with Crippen molar-refractivity contribution in [3.63, 3.8) is 0 Å². The van der Waals surface area contributed by atoms with Crippen molar-refractivity contribution in [2.75, 3.05) is 19.1 Å². The summed E-state index contributed by atoms with van der Waals surface area (Å²) in [5, 5.41) is 2.55. The highest BCUT2D eigenvalue weighted by Gasteiger charge is 2.10. The van der Waals surface area contributed by atoms with Gasteiger partial charge in [-0.15, -0.1) is 0 Å². The topological polar surface area (TPSA) is 107 Å². The van der Waals surface area contributed by atoms with Gasteiger partial charge in [0, 0.05) is 18.6 Å². The molecule has 0 bridgehead atoms. The second kappa shape index (κ2) is 7.10. The van der Waals surface area contributed by atoms with Crippen LogP contribution in [0, 0.1) is 0 Å². The molecule has 0 aliphatic carbocycles. The second-order valence-corrected chi connectivity index (χ2v) is 5.51. The number of hydrogen-bond acceptors (Lipinski definition) is 4. The standard InChI is InChI=1S/C10H14N4O3S2/c1-18-10(11)13-8(15)5-12-9(16)7-3-4-14(6-7)19(2)17/h3-4,6H,5H2,1-2H3,(H,12,16)(H2,11,13,15). The van der Waals surface area contributed by atoms with Crippen LogP contribution < -0.4 is 11.1 Å². The number of hydrogen-bond donors (Lipinski definition) is 2. The summed E-state index contributed by atoms with van der Waals surface area (Å²) in [6, 6.07) is 1.51. The zero-order valence-electron chi connectivity index (χ0n) is 10.5. The van der Waals surface area contributed by atoms with Crippen LogP contribution in [-0.2, 0) is 15.8 Å². The molecule has 9 heteroatoms. The van der Waals surface area contributed by atoms with Crippen LogP contribution in [0.2, 0.25) is 0 Å². The summed E-state index contributed by atoms with van der Waals surface area (Å²) in [6.45, 7) is -0.236. The number of amides is 2. The molecule has 1 aromatic heterocycles. The van der Waals surface area contributed by atoms with Crippen molar-refractivity contribution in [3.8, 4) is 0 Å². The van der Waals surface area contributed by atoms with Crippen molar-refractivity contribution in [2.45, 2.75) is 0 Å². The summed E-state index contributed by atoms with van der Waals surface area (Å²) >= 11 is 1.15. The number of nitrogens with one attached hydrogen (secondary N) is 1. The van der Waals surface area contributed by atoms with Crippen LogP contribution in [-0.4, -0.2) is 44.2 Å². The van der Waals surface area contributed by atoms with Crippen molar-refractivity contribution < 1.29 is 13.8 Å². The number of nitrogens with two attached hydrogens (primary N) is 1. The minimum Gasteiger partial charge on any atom is -0.378 e. The smallest absolute Gasteiger partial charge is 0.267 e. The quantitative estimate of drug-likeness (QED) is 0.579. The molecule has 1 heterocycles. The lowest BCUT2D eigenvalue weighted by Crippen LogP contribution is -2.29. The number of nitrogens with zero attached hydrogens (tertiary/aromatic N) is 2. The lowest BCUT2D eigenvalue weighted by Gasteiger charge is -2.00. The minimum absolute atomic E-state index is 0.145. The molecule has 19 heavy (non-hydrogen) atoms. The van der Waals surface area contributed by atoms with Crippen molar-refractivity contribution in [3.05, 3.63) is 24.0 Å². The fourth-order valence-electron chi connectivity index (χ4n) is 1.14. The SMILES string of the molecule is CSC(N)=NC(=O)CNC(=O)c1ccn(S(C)=O)c1. The molecule has 7 nitrogen and oxygen atoms in total. The highest BCUT2D eigenvalue weighted by atomic mass is 32.2. The lowest BCUT2D eigenvalue weighted by atomic mass is 10.3. The first-order valence-electron chi connectivity index (χ1n) is 5.15. The Bertz CT molecular complexity index is 539. The predicted octanol–water partition coefficient (Wildman–Crippen LogP) is -0.436. The zero-order valence-corrected chi connectivity index (χ0v) is 12.1. The van der Waals surface area contributed by atoms with Gasteiger partial charge >= 0.3 is 0 Å². The maximum absolute atomic E-state index is 11.7. The van der Waals surface area contributed by atoms with E-state index in [1.807, 2.05) is 0 Å². The largest absolute Gasteiger partial charge is 0.378 e. The number of carbonyl (C=O) groups excluding carboxylic acids is 2. The van der Waals surface area contributed by atoms with Crippen LogP contribution in [0.15, 0.2) is 23.5 Å². The highest BCUT2D eigenvalue weighted by Crippen LogP contribution is 2.01. The molecule has 0 saturated carbocycles. The van der Waals surface area contributed by atoms with Gasteiger partial charge in [0.2, 0.25) is 0 Å². The van der Waals surface area contributed by atoms with E-state index >= 15 is 0 Å². The summed E-state index contributed by atoms with van der Waals surface area (Å²) < 4.78 is 12.5. The predicted molar refractivity (Wildman–Crippen MR) is 76.4 cm³/mol. The number of aliphatic imine (C=N–C) groups is 1. The number of aromatic nitrogens is 1. The fraction of sp³-hybridized carbons (Fsp3) is 0.300. The van der Waals surface area contributed by atoms with E-state index < -0.39 is 22.8 Å². The Labute approximate surface area is 117 Å². The van der Waals surface area contributed by atoms with E-state index in [9.17, 15) is 13.8 Å². The van der Waals surface area contributed by atoms with Gasteiger partial charge in [-0.3, -0.25) is 13.6 Å². The number of amidine groups is 1. The molecule has 0 aromatic carbocycles. The molecular formula is C10H14N4O3S2. The summed E-state index contributed by atoms with van der Waals surface area (Å²) in [5.41, 5.74) is 5.69. The molecule has 1 rings (SSSR count). The third-order valence-corrected chi connectivity index (χ3v) is 3.40. The van der Waals surface area contributed by atoms with Gasteiger partial charge in [0.15, 0.2) is 5.17 Å². The van der Waals surface area contributed by atoms with Crippen molar-refractivity contribution in [1.82, 2.24) is 9.29 Å². The maximum Gasteiger partial charge on any atom is 0.267 e. The summed E-state index contributed by atoms with van der Waals surface area (Å²) in [6.07, 6.45) is 6.15. The van der Waals surface area contributed by atoms with Crippen LogP contribution in [0.1, 0.15) is 10.4 Å². The van der Waals surface area contributed by atoms with Gasteiger partial charge in [0.1, 0.15) is 11.0 Å². The van der Waals surface area contributed by atoms with Crippen molar-refractivity contribution in [1.29, 1.82) is 0 Å². The van der Waals surface area contributed by atoms with Gasteiger partial charge in [0.05, 0.1) is 12.1 Å². The maximum atomic E-state index is 11.7. The Morgan fingerprint density at radius 1 is 1.58 bits per heavy atom. The van der Waals surface area contributed by atoms with Crippen LogP contribution in [0.3, 0.4) is 0 Å². The monoisotopic (exact) mass is 302 g/mol. The molecule has 2 amide bonds. The van der Waals surface area contributed by atoms with E-state index in [4.69, 9.17) is 5.73 Å². The minimum atomic E-state index is -1.22. The Morgan fingerprint density at radius 3 is 2.79 bits per heavy atom. The average molecular weight is 302 g/mol. The van der Waals surface area contributed by atoms with Gasteiger partial charge < -0.3 is 11.1 Å². The third kappa shape index (κ3) is 4.87. The molecule has 0 saturated heterocycles. The average Bonchev–Trinajstić information content (AvgIpc) is 2.85. The highest BCUT2D eigenvalue weighted by molar-refractivity contribution is 8.13. The van der Waals surface area contributed by atoms with Crippen molar-refractivity contribution in [2.24, 2.45) is 10.7 Å². The molecule has 0 aliphatic heterocycles. The molecule has 0 fully saturated rings. The lowest BCUT2D eigenvalue weighted by molar-refractivity contribution is -0.116. The second-order valence-electron chi connectivity index (χ2n) is 3.41. The van der Waals surface area contributed by atoms with Gasteiger partial charge in [-0.05, 0) is 12.3 Å². The molecular weight excluding hydrogens is 288 g/mol. The molecule has 0 aliphatic rings. The Kier molecular flexibility index (Phi) is 5.77. The first-order valence-corrected chi connectivity index (χ1v) is 7.89. The van der Waals surface area contributed by atoms with Crippen molar-refractivity contribution >= 4 is 39.7 Å². The fourth-order valence-corrected chi connectivity index (χ4v) is 1.82. The normalized spacial score (nSPS) is 13.1. The van der Waals surface area contributed by atoms with Crippen LogP contribution >= 0.6 is 11.8 Å². The van der Waals surface area contributed by atoms with Gasteiger partial charge in [0.25, 0.3) is 11.8 Å². The molecule has 1 unspecified atom stereocenters. The first-order chi connectivity index (χ1) is 8.93. The van der Waals surface area contributed by atoms with E-state index in [-0.39, 0.29) is 11.7 Å². The number of rotatable bonds is 4. The molecule has 3 N–H and O–H groups in total. The number of carbonyl (C=O) groups is 2. The van der Waals surface area contributed by atoms with E-state index in [1.54, 1.807) is 6.26 Å². The Balaban J connectivity index is 2.56. The van der Waals surface area contributed by atoms with E-state index in [1.165, 1.54) is 28.7 Å². The molecule has 0 radical (unpaired) electrons. The number of thioether (sulfide) groups is 1. The van der Waals surface area contributed by atoms with Gasteiger partial charge in [-0.2, -0.15) is 4.99 Å². The van der Waals surface area contributed by atoms with Crippen LogP contribution in [0.4, 0.5) is 0 Å². The summed E-state index contributed by atoms with van der Waals surface area (Å²) in [4.78, 5) is 26.5. The van der Waals surface area contributed by atoms with E-state index in [0.717, 1.165) is 11.8 Å². The van der Waals surface area contributed by atoms with Gasteiger partial charge in [-0.25, -0.2) is 4.21 Å². The van der Waals surface area contributed by atoms with E-state index in [0.29, 0.717) is 5.56 Å². The first kappa shape index (κ1) is 15.4. The Morgan fingerprint density at radius 2 is 2.26 bits per heavy atom. The Hall–Kier alpha value is -1.61. The molecule has 1 aromatic rings. The molecule has 1 atom stereocenters. The molecule has 104 valence electrons. The van der Waals surface area contributed by atoms with Crippen LogP contribution in [0.25, 0.3) is 0 Å². The molecule has 0 spiro atoms. The van der Waals surface area contributed by atoms with Gasteiger partial charge in [-0.1, -0.05) is 11.8 Å². The summed E-state index contributed by atoms with van der Waals surface area (Å²) in [7, 11) is -1.22. The van der Waals surface area contributed by atoms with Crippen LogP contribution in [0.5, 0.6) is 0 Å². The van der Waals surface area contributed by atoms with E-state index in [2.05, 4.69) is 10.3 Å².